The number of aliphatic imine (C=N–C) groups is 1. The number of hydrogen-bond donors (Lipinski definition) is 2. The van der Waals surface area contributed by atoms with Gasteiger partial charge in [-0.15, -0.1) is 0 Å². The lowest BCUT2D eigenvalue weighted by Gasteiger charge is -2.28. The first-order valence-corrected chi connectivity index (χ1v) is 6.84. The van der Waals surface area contributed by atoms with Crippen molar-refractivity contribution >= 4 is 5.96 Å². The number of rotatable bonds is 8. The summed E-state index contributed by atoms with van der Waals surface area (Å²) < 4.78 is 5.27. The zero-order valence-corrected chi connectivity index (χ0v) is 12.6. The summed E-state index contributed by atoms with van der Waals surface area (Å²) in [4.78, 5) is 6.57. The standard InChI is InChI=1S/C13H30N4O/c1-6-18-9-7-8-15-13(16-14)17(5)12(4)10-11(2)3/h11-12H,6-10,14H2,1-5H3,(H,15,16). The first-order chi connectivity index (χ1) is 8.52. The lowest BCUT2D eigenvalue weighted by Crippen LogP contribution is -2.47. The summed E-state index contributed by atoms with van der Waals surface area (Å²) in [5.74, 6) is 6.95. The maximum absolute atomic E-state index is 5.53. The predicted octanol–water partition coefficient (Wildman–Crippen LogP) is 1.60. The Bertz CT molecular complexity index is 231. The molecule has 0 aromatic carbocycles. The van der Waals surface area contributed by atoms with Gasteiger partial charge >= 0.3 is 0 Å². The van der Waals surface area contributed by atoms with Crippen LogP contribution in [0.5, 0.6) is 0 Å². The Morgan fingerprint density at radius 3 is 2.56 bits per heavy atom. The Balaban J connectivity index is 4.15. The Kier molecular flexibility index (Phi) is 9.69. The van der Waals surface area contributed by atoms with Crippen LogP contribution in [0.15, 0.2) is 4.99 Å². The molecule has 0 aromatic rings. The lowest BCUT2D eigenvalue weighted by atomic mass is 10.0. The fourth-order valence-corrected chi connectivity index (χ4v) is 1.80. The van der Waals surface area contributed by atoms with Crippen LogP contribution >= 0.6 is 0 Å². The first-order valence-electron chi connectivity index (χ1n) is 6.84. The summed E-state index contributed by atoms with van der Waals surface area (Å²) in [5, 5.41) is 0. The second kappa shape index (κ2) is 10.1. The quantitative estimate of drug-likeness (QED) is 0.228. The van der Waals surface area contributed by atoms with E-state index in [2.05, 4.69) is 36.1 Å². The molecule has 0 saturated carbocycles. The van der Waals surface area contributed by atoms with E-state index < -0.39 is 0 Å². The summed E-state index contributed by atoms with van der Waals surface area (Å²) in [6.07, 6.45) is 2.04. The number of ether oxygens (including phenoxy) is 1. The minimum absolute atomic E-state index is 0.423. The molecular weight excluding hydrogens is 228 g/mol. The highest BCUT2D eigenvalue weighted by Crippen LogP contribution is 2.09. The molecule has 5 heteroatoms. The Labute approximate surface area is 112 Å². The molecule has 5 nitrogen and oxygen atoms in total. The third-order valence-corrected chi connectivity index (χ3v) is 2.85. The van der Waals surface area contributed by atoms with Crippen LogP contribution in [0.2, 0.25) is 0 Å². The largest absolute Gasteiger partial charge is 0.382 e. The highest BCUT2D eigenvalue weighted by atomic mass is 16.5. The van der Waals surface area contributed by atoms with Crippen molar-refractivity contribution in [3.63, 3.8) is 0 Å². The minimum Gasteiger partial charge on any atom is -0.382 e. The van der Waals surface area contributed by atoms with E-state index in [0.717, 1.165) is 38.6 Å². The van der Waals surface area contributed by atoms with E-state index in [0.29, 0.717) is 12.0 Å². The molecule has 0 aliphatic carbocycles. The van der Waals surface area contributed by atoms with Gasteiger partial charge in [0.15, 0.2) is 0 Å². The van der Waals surface area contributed by atoms with Gasteiger partial charge in [0.2, 0.25) is 5.96 Å². The van der Waals surface area contributed by atoms with Gasteiger partial charge in [0.05, 0.1) is 0 Å². The number of hydrogen-bond acceptors (Lipinski definition) is 3. The molecule has 0 aliphatic rings. The molecule has 0 saturated heterocycles. The molecule has 0 aliphatic heterocycles. The van der Waals surface area contributed by atoms with Crippen molar-refractivity contribution in [3.8, 4) is 0 Å². The molecule has 0 spiro atoms. The summed E-state index contributed by atoms with van der Waals surface area (Å²) in [7, 11) is 2.02. The van der Waals surface area contributed by atoms with Crippen LogP contribution in [-0.4, -0.2) is 43.7 Å². The minimum atomic E-state index is 0.423. The van der Waals surface area contributed by atoms with Crippen LogP contribution in [0.3, 0.4) is 0 Å². The van der Waals surface area contributed by atoms with E-state index >= 15 is 0 Å². The number of guanidine groups is 1. The van der Waals surface area contributed by atoms with E-state index in [1.54, 1.807) is 0 Å². The zero-order chi connectivity index (χ0) is 14.0. The molecule has 108 valence electrons. The third kappa shape index (κ3) is 7.50. The van der Waals surface area contributed by atoms with E-state index in [9.17, 15) is 0 Å². The molecule has 3 N–H and O–H groups in total. The van der Waals surface area contributed by atoms with Gasteiger partial charge in [-0.1, -0.05) is 13.8 Å². The monoisotopic (exact) mass is 258 g/mol. The van der Waals surface area contributed by atoms with Crippen LogP contribution in [0.1, 0.15) is 40.5 Å². The topological polar surface area (TPSA) is 62.9 Å². The predicted molar refractivity (Wildman–Crippen MR) is 77.4 cm³/mol. The lowest BCUT2D eigenvalue weighted by molar-refractivity contribution is 0.146. The van der Waals surface area contributed by atoms with Crippen molar-refractivity contribution < 1.29 is 4.74 Å². The molecule has 18 heavy (non-hydrogen) atoms. The number of nitrogens with two attached hydrogens (primary N) is 1. The molecule has 0 amide bonds. The van der Waals surface area contributed by atoms with Gasteiger partial charge in [0, 0.05) is 32.8 Å². The van der Waals surface area contributed by atoms with Crippen LogP contribution in [0.25, 0.3) is 0 Å². The van der Waals surface area contributed by atoms with Gasteiger partial charge in [-0.05, 0) is 32.6 Å². The van der Waals surface area contributed by atoms with Crippen LogP contribution in [0.4, 0.5) is 0 Å². The molecule has 1 atom stereocenters. The molecule has 0 aromatic heterocycles. The van der Waals surface area contributed by atoms with Crippen LogP contribution < -0.4 is 11.3 Å². The van der Waals surface area contributed by atoms with Crippen molar-refractivity contribution in [3.05, 3.63) is 0 Å². The van der Waals surface area contributed by atoms with Crippen molar-refractivity contribution in [1.29, 1.82) is 0 Å². The SMILES string of the molecule is CCOCCCN=C(NN)N(C)C(C)CC(C)C. The van der Waals surface area contributed by atoms with Gasteiger partial charge in [0.25, 0.3) is 0 Å². The molecule has 0 rings (SSSR count). The van der Waals surface area contributed by atoms with Crippen molar-refractivity contribution in [1.82, 2.24) is 10.3 Å². The highest BCUT2D eigenvalue weighted by Gasteiger charge is 2.14. The average Bonchev–Trinajstić information content (AvgIpc) is 2.32. The van der Waals surface area contributed by atoms with E-state index in [1.807, 2.05) is 14.0 Å². The average molecular weight is 258 g/mol. The Hall–Kier alpha value is -0.810. The van der Waals surface area contributed by atoms with Gasteiger partial charge in [-0.25, -0.2) is 5.84 Å². The summed E-state index contributed by atoms with van der Waals surface area (Å²) in [6, 6.07) is 0.423. The number of nitrogens with zero attached hydrogens (tertiary/aromatic N) is 2. The number of hydrazine groups is 1. The summed E-state index contributed by atoms with van der Waals surface area (Å²) >= 11 is 0. The fraction of sp³-hybridized carbons (Fsp3) is 0.923. The smallest absolute Gasteiger partial charge is 0.208 e. The van der Waals surface area contributed by atoms with Crippen molar-refractivity contribution in [2.45, 2.75) is 46.6 Å². The van der Waals surface area contributed by atoms with E-state index in [1.165, 1.54) is 0 Å². The molecule has 0 bridgehead atoms. The maximum Gasteiger partial charge on any atom is 0.208 e. The van der Waals surface area contributed by atoms with Gasteiger partial charge in [-0.3, -0.25) is 10.4 Å². The number of nitrogens with one attached hydrogen (secondary N) is 1. The van der Waals surface area contributed by atoms with E-state index in [-0.39, 0.29) is 0 Å². The normalized spacial score (nSPS) is 13.8. The molecule has 1 unspecified atom stereocenters. The van der Waals surface area contributed by atoms with Crippen molar-refractivity contribution in [2.24, 2.45) is 16.8 Å². The van der Waals surface area contributed by atoms with Crippen LogP contribution in [-0.2, 0) is 4.74 Å². The first kappa shape index (κ1) is 17.2. The van der Waals surface area contributed by atoms with Gasteiger partial charge in [-0.2, -0.15) is 0 Å². The fourth-order valence-electron chi connectivity index (χ4n) is 1.80. The maximum atomic E-state index is 5.53. The van der Waals surface area contributed by atoms with E-state index in [4.69, 9.17) is 10.6 Å². The Morgan fingerprint density at radius 1 is 1.39 bits per heavy atom. The zero-order valence-electron chi connectivity index (χ0n) is 12.6. The molecule has 0 fully saturated rings. The highest BCUT2D eigenvalue weighted by molar-refractivity contribution is 5.79. The molecular formula is C13H30N4O. The molecule has 0 heterocycles. The van der Waals surface area contributed by atoms with Crippen LogP contribution in [0, 0.1) is 5.92 Å². The molecule has 0 radical (unpaired) electrons. The summed E-state index contributed by atoms with van der Waals surface area (Å²) in [5.41, 5.74) is 2.68. The van der Waals surface area contributed by atoms with Crippen molar-refractivity contribution in [2.75, 3.05) is 26.8 Å². The van der Waals surface area contributed by atoms with Gasteiger partial charge < -0.3 is 9.64 Å². The third-order valence-electron chi connectivity index (χ3n) is 2.85. The second-order valence-corrected chi connectivity index (χ2v) is 4.99. The summed E-state index contributed by atoms with van der Waals surface area (Å²) in [6.45, 7) is 10.9. The van der Waals surface area contributed by atoms with Gasteiger partial charge in [0.1, 0.15) is 0 Å². The Morgan fingerprint density at radius 2 is 2.06 bits per heavy atom. The second-order valence-electron chi connectivity index (χ2n) is 4.99.